The third-order valence-electron chi connectivity index (χ3n) is 2.87. The van der Waals surface area contributed by atoms with Crippen LogP contribution in [0.5, 0.6) is 0 Å². The summed E-state index contributed by atoms with van der Waals surface area (Å²) in [6, 6.07) is 6.35. The summed E-state index contributed by atoms with van der Waals surface area (Å²) in [5.41, 5.74) is 3.70. The van der Waals surface area contributed by atoms with E-state index < -0.39 is 0 Å². The van der Waals surface area contributed by atoms with Crippen LogP contribution in [0.3, 0.4) is 0 Å². The molecule has 0 bridgehead atoms. The third kappa shape index (κ3) is 1.77. The van der Waals surface area contributed by atoms with Gasteiger partial charge >= 0.3 is 0 Å². The molecule has 16 heavy (non-hydrogen) atoms. The minimum absolute atomic E-state index is 0.111. The summed E-state index contributed by atoms with van der Waals surface area (Å²) in [7, 11) is 0. The van der Waals surface area contributed by atoms with Crippen molar-refractivity contribution in [2.75, 3.05) is 0 Å². The van der Waals surface area contributed by atoms with Crippen LogP contribution in [-0.4, -0.2) is 14.8 Å². The second-order valence-corrected chi connectivity index (χ2v) is 5.34. The topological polar surface area (TPSA) is 33.6 Å². The third-order valence-corrected chi connectivity index (χ3v) is 2.87. The molecule has 2 aromatic heterocycles. The van der Waals surface area contributed by atoms with Gasteiger partial charge in [-0.05, 0) is 26.0 Å². The van der Waals surface area contributed by atoms with E-state index in [-0.39, 0.29) is 5.41 Å². The molecule has 0 aliphatic heterocycles. The molecule has 3 heteroatoms. The molecule has 0 aromatic carbocycles. The predicted octanol–water partition coefficient (Wildman–Crippen LogP) is 3.11. The first-order chi connectivity index (χ1) is 7.39. The minimum Gasteiger partial charge on any atom is -0.302 e. The number of aromatic amines is 1. The molecule has 0 spiro atoms. The van der Waals surface area contributed by atoms with Crippen LogP contribution in [0.4, 0.5) is 0 Å². The van der Waals surface area contributed by atoms with Crippen molar-refractivity contribution in [3.8, 4) is 5.82 Å². The molecule has 0 saturated heterocycles. The van der Waals surface area contributed by atoms with Gasteiger partial charge in [0.05, 0.1) is 0 Å². The van der Waals surface area contributed by atoms with Crippen LogP contribution < -0.4 is 0 Å². The first kappa shape index (κ1) is 11.0. The molecule has 0 amide bonds. The van der Waals surface area contributed by atoms with Gasteiger partial charge in [0.2, 0.25) is 0 Å². The largest absolute Gasteiger partial charge is 0.302 e. The van der Waals surface area contributed by atoms with Crippen LogP contribution in [-0.2, 0) is 5.41 Å². The zero-order valence-corrected chi connectivity index (χ0v) is 10.6. The first-order valence-electron chi connectivity index (χ1n) is 5.61. The van der Waals surface area contributed by atoms with Crippen molar-refractivity contribution in [1.82, 2.24) is 14.8 Å². The Morgan fingerprint density at radius 2 is 1.69 bits per heavy atom. The normalized spacial score (nSPS) is 12.1. The van der Waals surface area contributed by atoms with Crippen molar-refractivity contribution in [2.45, 2.75) is 40.0 Å². The Hall–Kier alpha value is -1.51. The summed E-state index contributed by atoms with van der Waals surface area (Å²) in [6.45, 7) is 10.7. The molecule has 2 heterocycles. The fourth-order valence-corrected chi connectivity index (χ4v) is 1.84. The average Bonchev–Trinajstić information content (AvgIpc) is 2.72. The lowest BCUT2D eigenvalue weighted by Gasteiger charge is -2.14. The summed E-state index contributed by atoms with van der Waals surface area (Å²) >= 11 is 0. The lowest BCUT2D eigenvalue weighted by Crippen LogP contribution is -2.11. The lowest BCUT2D eigenvalue weighted by molar-refractivity contribution is 0.567. The van der Waals surface area contributed by atoms with E-state index in [0.717, 1.165) is 11.5 Å². The van der Waals surface area contributed by atoms with Crippen LogP contribution in [0, 0.1) is 13.8 Å². The van der Waals surface area contributed by atoms with Gasteiger partial charge in [-0.3, -0.25) is 5.10 Å². The molecule has 86 valence electrons. The molecule has 3 nitrogen and oxygen atoms in total. The zero-order valence-electron chi connectivity index (χ0n) is 10.6. The van der Waals surface area contributed by atoms with Gasteiger partial charge in [0, 0.05) is 28.6 Å². The molecule has 2 aromatic rings. The van der Waals surface area contributed by atoms with E-state index in [9.17, 15) is 0 Å². The Labute approximate surface area is 96.5 Å². The number of rotatable bonds is 1. The smallest absolute Gasteiger partial charge is 0.159 e. The van der Waals surface area contributed by atoms with Gasteiger partial charge in [0.25, 0.3) is 0 Å². The minimum atomic E-state index is 0.111. The zero-order chi connectivity index (χ0) is 11.9. The number of nitrogens with zero attached hydrogens (tertiary/aromatic N) is 2. The molecule has 2 rings (SSSR count). The van der Waals surface area contributed by atoms with E-state index >= 15 is 0 Å². The maximum absolute atomic E-state index is 4.38. The van der Waals surface area contributed by atoms with Gasteiger partial charge < -0.3 is 4.57 Å². The van der Waals surface area contributed by atoms with Gasteiger partial charge in [-0.2, -0.15) is 5.10 Å². The highest BCUT2D eigenvalue weighted by Gasteiger charge is 2.17. The van der Waals surface area contributed by atoms with Crippen molar-refractivity contribution < 1.29 is 0 Å². The van der Waals surface area contributed by atoms with Crippen LogP contribution in [0.15, 0.2) is 18.2 Å². The van der Waals surface area contributed by atoms with Crippen LogP contribution in [0.25, 0.3) is 5.82 Å². The predicted molar refractivity (Wildman–Crippen MR) is 66.1 cm³/mol. The van der Waals surface area contributed by atoms with E-state index in [0.29, 0.717) is 0 Å². The van der Waals surface area contributed by atoms with E-state index in [1.54, 1.807) is 0 Å². The van der Waals surface area contributed by atoms with Gasteiger partial charge in [-0.25, -0.2) is 0 Å². The maximum atomic E-state index is 4.38. The van der Waals surface area contributed by atoms with Crippen molar-refractivity contribution >= 4 is 0 Å². The quantitative estimate of drug-likeness (QED) is 0.782. The van der Waals surface area contributed by atoms with Gasteiger partial charge in [-0.15, -0.1) is 0 Å². The van der Waals surface area contributed by atoms with Crippen LogP contribution in [0.1, 0.15) is 37.9 Å². The van der Waals surface area contributed by atoms with Crippen LogP contribution in [0.2, 0.25) is 0 Å². The Balaban J connectivity index is 2.47. The van der Waals surface area contributed by atoms with E-state index in [1.165, 1.54) is 11.4 Å². The second-order valence-electron chi connectivity index (χ2n) is 5.34. The molecule has 0 fully saturated rings. The summed E-state index contributed by atoms with van der Waals surface area (Å²) in [5.74, 6) is 0.977. The average molecular weight is 217 g/mol. The molecule has 0 aliphatic carbocycles. The summed E-state index contributed by atoms with van der Waals surface area (Å²) in [6.07, 6.45) is 0. The van der Waals surface area contributed by atoms with Crippen molar-refractivity contribution in [2.24, 2.45) is 0 Å². The van der Waals surface area contributed by atoms with Gasteiger partial charge in [0.15, 0.2) is 5.82 Å². The van der Waals surface area contributed by atoms with Crippen molar-refractivity contribution in [1.29, 1.82) is 0 Å². The van der Waals surface area contributed by atoms with Crippen molar-refractivity contribution in [3.05, 3.63) is 35.3 Å². The summed E-state index contributed by atoms with van der Waals surface area (Å²) in [4.78, 5) is 0. The van der Waals surface area contributed by atoms with Crippen molar-refractivity contribution in [3.63, 3.8) is 0 Å². The van der Waals surface area contributed by atoms with Gasteiger partial charge in [0.1, 0.15) is 0 Å². The Kier molecular flexibility index (Phi) is 2.41. The van der Waals surface area contributed by atoms with E-state index in [2.05, 4.69) is 67.6 Å². The van der Waals surface area contributed by atoms with Gasteiger partial charge in [-0.1, -0.05) is 20.8 Å². The highest BCUT2D eigenvalue weighted by molar-refractivity contribution is 5.33. The first-order valence-corrected chi connectivity index (χ1v) is 5.61. The Morgan fingerprint density at radius 3 is 2.12 bits per heavy atom. The number of hydrogen-bond donors (Lipinski definition) is 1. The summed E-state index contributed by atoms with van der Waals surface area (Å²) < 4.78 is 2.16. The highest BCUT2D eigenvalue weighted by atomic mass is 15.2. The van der Waals surface area contributed by atoms with E-state index in [1.807, 2.05) is 0 Å². The molecule has 0 saturated carbocycles. The second kappa shape index (κ2) is 3.51. The lowest BCUT2D eigenvalue weighted by atomic mass is 9.92. The molecule has 1 N–H and O–H groups in total. The van der Waals surface area contributed by atoms with E-state index in [4.69, 9.17) is 0 Å². The number of hydrogen-bond acceptors (Lipinski definition) is 1. The Bertz CT molecular complexity index is 478. The molecular formula is C13H19N3. The monoisotopic (exact) mass is 217 g/mol. The van der Waals surface area contributed by atoms with Crippen LogP contribution >= 0.6 is 0 Å². The highest BCUT2D eigenvalue weighted by Crippen LogP contribution is 2.23. The molecule has 0 atom stereocenters. The molecule has 0 aliphatic rings. The number of aromatic nitrogens is 3. The fourth-order valence-electron chi connectivity index (χ4n) is 1.84. The SMILES string of the molecule is Cc1ccc(C)n1-c1cc(C(C)(C)C)[nH]n1. The molecule has 0 radical (unpaired) electrons. The maximum Gasteiger partial charge on any atom is 0.159 e. The number of nitrogens with one attached hydrogen (secondary N) is 1. The molecular weight excluding hydrogens is 198 g/mol. The Morgan fingerprint density at radius 1 is 1.12 bits per heavy atom. The summed E-state index contributed by atoms with van der Waals surface area (Å²) in [5, 5.41) is 7.50. The molecule has 0 unspecified atom stereocenters. The number of aryl methyl sites for hydroxylation is 2. The number of H-pyrrole nitrogens is 1. The standard InChI is InChI=1S/C13H19N3/c1-9-6-7-10(2)16(9)12-8-11(14-15-12)13(3,4)5/h6-8H,1-5H3,(H,14,15). The fraction of sp³-hybridized carbons (Fsp3) is 0.462.